The molecule has 0 radical (unpaired) electrons. The van der Waals surface area contributed by atoms with Crippen LogP contribution in [0.4, 0.5) is 10.1 Å². The minimum Gasteiger partial charge on any atom is -0.347 e. The van der Waals surface area contributed by atoms with Gasteiger partial charge in [0.05, 0.1) is 5.52 Å². The third-order valence-corrected chi connectivity index (χ3v) is 3.79. The molecule has 0 aliphatic rings. The van der Waals surface area contributed by atoms with E-state index in [4.69, 9.17) is 0 Å². The van der Waals surface area contributed by atoms with Crippen molar-refractivity contribution in [3.05, 3.63) is 75.8 Å². The fraction of sp³-hybridized carbons (Fsp3) is 0.111. The van der Waals surface area contributed by atoms with Gasteiger partial charge in [-0.15, -0.1) is 0 Å². The van der Waals surface area contributed by atoms with Gasteiger partial charge in [0.1, 0.15) is 11.4 Å². The molecule has 23 heavy (non-hydrogen) atoms. The van der Waals surface area contributed by atoms with Crippen LogP contribution in [0.5, 0.6) is 0 Å². The molecule has 3 rings (SSSR count). The molecule has 0 saturated carbocycles. The van der Waals surface area contributed by atoms with Gasteiger partial charge in [0.15, 0.2) is 0 Å². The highest BCUT2D eigenvalue weighted by Gasteiger charge is 2.16. The number of amides is 1. The number of rotatable bonds is 2. The maximum absolute atomic E-state index is 13.9. The van der Waals surface area contributed by atoms with E-state index in [1.807, 2.05) is 19.1 Å². The summed E-state index contributed by atoms with van der Waals surface area (Å²) in [4.78, 5) is 25.0. The van der Waals surface area contributed by atoms with Crippen LogP contribution in [0.15, 0.2) is 53.5 Å². The van der Waals surface area contributed by atoms with Crippen LogP contribution in [-0.2, 0) is 7.05 Å². The highest BCUT2D eigenvalue weighted by Crippen LogP contribution is 2.17. The number of para-hydroxylation sites is 2. The molecular formula is C18H15FN2O2. The average molecular weight is 310 g/mol. The molecule has 0 fully saturated rings. The number of hydrogen-bond donors (Lipinski definition) is 1. The van der Waals surface area contributed by atoms with Gasteiger partial charge >= 0.3 is 0 Å². The molecule has 1 heterocycles. The summed E-state index contributed by atoms with van der Waals surface area (Å²) < 4.78 is 15.4. The van der Waals surface area contributed by atoms with Crippen LogP contribution in [0.3, 0.4) is 0 Å². The van der Waals surface area contributed by atoms with Gasteiger partial charge in [0, 0.05) is 24.3 Å². The molecule has 1 N–H and O–H groups in total. The number of anilines is 1. The first-order valence-electron chi connectivity index (χ1n) is 7.14. The zero-order chi connectivity index (χ0) is 16.6. The standard InChI is InChI=1S/C18H15FN2O2/c1-11-6-3-4-9-15(11)20-18(23)13-10-21(2)16-12(17(13)22)7-5-8-14(16)19/h3-10H,1-2H3,(H,20,23). The Kier molecular flexibility index (Phi) is 3.70. The number of aromatic nitrogens is 1. The summed E-state index contributed by atoms with van der Waals surface area (Å²) in [7, 11) is 1.61. The van der Waals surface area contributed by atoms with Gasteiger partial charge in [-0.3, -0.25) is 9.59 Å². The summed E-state index contributed by atoms with van der Waals surface area (Å²) in [5, 5.41) is 2.91. The van der Waals surface area contributed by atoms with E-state index in [1.165, 1.54) is 29.0 Å². The second kappa shape index (κ2) is 5.68. The molecule has 5 heteroatoms. The van der Waals surface area contributed by atoms with Crippen LogP contribution in [0.1, 0.15) is 15.9 Å². The fourth-order valence-electron chi connectivity index (χ4n) is 2.58. The summed E-state index contributed by atoms with van der Waals surface area (Å²) in [6, 6.07) is 11.6. The van der Waals surface area contributed by atoms with E-state index in [-0.39, 0.29) is 16.5 Å². The fourth-order valence-corrected chi connectivity index (χ4v) is 2.58. The van der Waals surface area contributed by atoms with E-state index in [0.29, 0.717) is 5.69 Å². The van der Waals surface area contributed by atoms with Crippen molar-refractivity contribution in [3.63, 3.8) is 0 Å². The Morgan fingerprint density at radius 1 is 1.13 bits per heavy atom. The van der Waals surface area contributed by atoms with Crippen molar-refractivity contribution < 1.29 is 9.18 Å². The predicted octanol–water partition coefficient (Wildman–Crippen LogP) is 3.24. The van der Waals surface area contributed by atoms with E-state index in [2.05, 4.69) is 5.32 Å². The maximum Gasteiger partial charge on any atom is 0.261 e. The third-order valence-electron chi connectivity index (χ3n) is 3.79. The monoisotopic (exact) mass is 310 g/mol. The Bertz CT molecular complexity index is 976. The number of nitrogens with one attached hydrogen (secondary N) is 1. The number of benzene rings is 2. The van der Waals surface area contributed by atoms with Crippen LogP contribution in [0.2, 0.25) is 0 Å². The number of hydrogen-bond acceptors (Lipinski definition) is 2. The summed E-state index contributed by atoms with van der Waals surface area (Å²) >= 11 is 0. The Morgan fingerprint density at radius 3 is 2.61 bits per heavy atom. The van der Waals surface area contributed by atoms with Gasteiger partial charge in [-0.1, -0.05) is 24.3 Å². The molecule has 0 saturated heterocycles. The first kappa shape index (κ1) is 15.0. The molecule has 1 aromatic heterocycles. The van der Waals surface area contributed by atoms with Gasteiger partial charge in [-0.05, 0) is 30.7 Å². The minimum absolute atomic E-state index is 0.0196. The number of aryl methyl sites for hydroxylation is 2. The molecule has 0 bridgehead atoms. The normalized spacial score (nSPS) is 10.7. The zero-order valence-electron chi connectivity index (χ0n) is 12.8. The lowest BCUT2D eigenvalue weighted by molar-refractivity contribution is 0.102. The summed E-state index contributed by atoms with van der Waals surface area (Å²) in [5.74, 6) is -1.00. The first-order chi connectivity index (χ1) is 11.0. The SMILES string of the molecule is Cc1ccccc1NC(=O)c1cn(C)c2c(F)cccc2c1=O. The molecule has 1 amide bonds. The molecule has 2 aromatic carbocycles. The average Bonchev–Trinajstić information content (AvgIpc) is 2.52. The van der Waals surface area contributed by atoms with E-state index < -0.39 is 17.2 Å². The second-order valence-corrected chi connectivity index (χ2v) is 5.39. The lowest BCUT2D eigenvalue weighted by Crippen LogP contribution is -2.24. The van der Waals surface area contributed by atoms with Gasteiger partial charge in [-0.2, -0.15) is 0 Å². The predicted molar refractivity (Wildman–Crippen MR) is 88.3 cm³/mol. The smallest absolute Gasteiger partial charge is 0.261 e. The number of pyridine rings is 1. The highest BCUT2D eigenvalue weighted by molar-refractivity contribution is 6.06. The molecule has 0 aliphatic carbocycles. The molecule has 0 unspecified atom stereocenters. The topological polar surface area (TPSA) is 51.1 Å². The summed E-state index contributed by atoms with van der Waals surface area (Å²) in [6.07, 6.45) is 1.36. The Hall–Kier alpha value is -2.95. The number of nitrogens with zero attached hydrogens (tertiary/aromatic N) is 1. The highest BCUT2D eigenvalue weighted by atomic mass is 19.1. The molecule has 0 aliphatic heterocycles. The molecule has 0 spiro atoms. The second-order valence-electron chi connectivity index (χ2n) is 5.39. The third kappa shape index (κ3) is 2.61. The molecule has 3 aromatic rings. The largest absolute Gasteiger partial charge is 0.347 e. The molecule has 116 valence electrons. The minimum atomic E-state index is -0.508. The van der Waals surface area contributed by atoms with Crippen LogP contribution in [-0.4, -0.2) is 10.5 Å². The lowest BCUT2D eigenvalue weighted by atomic mass is 10.1. The van der Waals surface area contributed by atoms with Crippen LogP contribution in [0.25, 0.3) is 10.9 Å². The molecule has 0 atom stereocenters. The van der Waals surface area contributed by atoms with E-state index in [1.54, 1.807) is 19.2 Å². The number of carbonyl (C=O) groups excluding carboxylic acids is 1. The Balaban J connectivity index is 2.10. The van der Waals surface area contributed by atoms with Crippen LogP contribution >= 0.6 is 0 Å². The number of halogens is 1. The summed E-state index contributed by atoms with van der Waals surface area (Å²) in [6.45, 7) is 1.86. The van der Waals surface area contributed by atoms with Crippen LogP contribution < -0.4 is 10.7 Å². The van der Waals surface area contributed by atoms with Crippen molar-refractivity contribution in [2.75, 3.05) is 5.32 Å². The molecular weight excluding hydrogens is 295 g/mol. The van der Waals surface area contributed by atoms with Gasteiger partial charge in [0.25, 0.3) is 5.91 Å². The summed E-state index contributed by atoms with van der Waals surface area (Å²) in [5.41, 5.74) is 1.21. The number of carbonyl (C=O) groups is 1. The lowest BCUT2D eigenvalue weighted by Gasteiger charge is -2.11. The van der Waals surface area contributed by atoms with Gasteiger partial charge < -0.3 is 9.88 Å². The van der Waals surface area contributed by atoms with E-state index >= 15 is 0 Å². The van der Waals surface area contributed by atoms with Gasteiger partial charge in [0.2, 0.25) is 5.43 Å². The van der Waals surface area contributed by atoms with Crippen molar-refractivity contribution in [2.45, 2.75) is 6.92 Å². The maximum atomic E-state index is 13.9. The van der Waals surface area contributed by atoms with Crippen molar-refractivity contribution in [2.24, 2.45) is 7.05 Å². The van der Waals surface area contributed by atoms with Crippen molar-refractivity contribution in [1.82, 2.24) is 4.57 Å². The number of fused-ring (bicyclic) bond motifs is 1. The van der Waals surface area contributed by atoms with Gasteiger partial charge in [-0.25, -0.2) is 4.39 Å². The zero-order valence-corrected chi connectivity index (χ0v) is 12.8. The quantitative estimate of drug-likeness (QED) is 0.790. The Morgan fingerprint density at radius 2 is 1.87 bits per heavy atom. The Labute approximate surface area is 132 Å². The van der Waals surface area contributed by atoms with E-state index in [0.717, 1.165) is 5.56 Å². The van der Waals surface area contributed by atoms with Crippen molar-refractivity contribution in [3.8, 4) is 0 Å². The van der Waals surface area contributed by atoms with Crippen molar-refractivity contribution >= 4 is 22.5 Å². The van der Waals surface area contributed by atoms with Crippen LogP contribution in [0, 0.1) is 12.7 Å². The van der Waals surface area contributed by atoms with Crippen molar-refractivity contribution in [1.29, 1.82) is 0 Å². The molecule has 4 nitrogen and oxygen atoms in total. The first-order valence-corrected chi connectivity index (χ1v) is 7.14. The van der Waals surface area contributed by atoms with E-state index in [9.17, 15) is 14.0 Å².